The molecule has 0 aliphatic carbocycles. The van der Waals surface area contributed by atoms with Crippen molar-refractivity contribution in [1.82, 2.24) is 0 Å². The summed E-state index contributed by atoms with van der Waals surface area (Å²) < 4.78 is 32.4. The molecule has 0 amide bonds. The fourth-order valence-corrected chi connectivity index (χ4v) is 1.94. The smallest absolute Gasteiger partial charge is 0.196 e. The van der Waals surface area contributed by atoms with Crippen LogP contribution in [0, 0.1) is 25.5 Å². The number of carbonyl (C=O) groups excluding carboxylic acids is 1. The number of benzene rings is 2. The van der Waals surface area contributed by atoms with Gasteiger partial charge in [-0.3, -0.25) is 4.79 Å². The molecule has 0 aliphatic heterocycles. The summed E-state index contributed by atoms with van der Waals surface area (Å²) in [6, 6.07) is 6.74. The third-order valence-corrected chi connectivity index (χ3v) is 3.16. The van der Waals surface area contributed by atoms with Crippen LogP contribution in [0.5, 0.6) is 5.75 Å². The Morgan fingerprint density at radius 3 is 2.35 bits per heavy atom. The summed E-state index contributed by atoms with van der Waals surface area (Å²) >= 11 is 0. The van der Waals surface area contributed by atoms with Crippen LogP contribution in [0.2, 0.25) is 0 Å². The van der Waals surface area contributed by atoms with E-state index >= 15 is 0 Å². The molecule has 0 atom stereocenters. The van der Waals surface area contributed by atoms with Crippen LogP contribution < -0.4 is 4.74 Å². The molecule has 0 saturated carbocycles. The van der Waals surface area contributed by atoms with Crippen LogP contribution in [0.4, 0.5) is 8.78 Å². The zero-order valence-corrected chi connectivity index (χ0v) is 11.5. The third kappa shape index (κ3) is 2.54. The zero-order chi connectivity index (χ0) is 14.9. The van der Waals surface area contributed by atoms with Crippen molar-refractivity contribution in [2.24, 2.45) is 0 Å². The number of halogens is 2. The first-order valence-corrected chi connectivity index (χ1v) is 6.09. The van der Waals surface area contributed by atoms with Crippen molar-refractivity contribution in [3.63, 3.8) is 0 Å². The van der Waals surface area contributed by atoms with Crippen LogP contribution in [0.15, 0.2) is 30.3 Å². The Morgan fingerprint density at radius 2 is 1.70 bits per heavy atom. The second kappa shape index (κ2) is 5.41. The van der Waals surface area contributed by atoms with Gasteiger partial charge in [0.15, 0.2) is 5.78 Å². The van der Waals surface area contributed by atoms with E-state index in [0.29, 0.717) is 5.75 Å². The molecule has 2 nitrogen and oxygen atoms in total. The van der Waals surface area contributed by atoms with Crippen molar-refractivity contribution in [2.75, 3.05) is 7.11 Å². The Balaban J connectivity index is 2.49. The molecule has 0 bridgehead atoms. The third-order valence-electron chi connectivity index (χ3n) is 3.16. The lowest BCUT2D eigenvalue weighted by Gasteiger charge is -2.08. The maximum Gasteiger partial charge on any atom is 0.196 e. The average Bonchev–Trinajstić information content (AvgIpc) is 2.42. The number of ether oxygens (including phenoxy) is 1. The van der Waals surface area contributed by atoms with Crippen molar-refractivity contribution in [3.8, 4) is 5.75 Å². The van der Waals surface area contributed by atoms with Gasteiger partial charge in [0.05, 0.1) is 12.7 Å². The first-order valence-electron chi connectivity index (χ1n) is 6.09. The van der Waals surface area contributed by atoms with E-state index in [2.05, 4.69) is 0 Å². The molecule has 0 aromatic heterocycles. The van der Waals surface area contributed by atoms with E-state index in [1.54, 1.807) is 12.1 Å². The molecule has 0 saturated heterocycles. The fraction of sp³-hybridized carbons (Fsp3) is 0.188. The molecule has 0 fully saturated rings. The minimum absolute atomic E-state index is 0.167. The fourth-order valence-electron chi connectivity index (χ4n) is 1.94. The van der Waals surface area contributed by atoms with Gasteiger partial charge in [0.1, 0.15) is 17.4 Å². The van der Waals surface area contributed by atoms with E-state index < -0.39 is 17.4 Å². The van der Waals surface area contributed by atoms with Gasteiger partial charge < -0.3 is 4.74 Å². The Bertz CT molecular complexity index is 678. The van der Waals surface area contributed by atoms with E-state index in [1.807, 2.05) is 6.92 Å². The number of hydrogen-bond donors (Lipinski definition) is 0. The van der Waals surface area contributed by atoms with Crippen LogP contribution in [0.1, 0.15) is 27.0 Å². The van der Waals surface area contributed by atoms with Crippen molar-refractivity contribution in [2.45, 2.75) is 13.8 Å². The van der Waals surface area contributed by atoms with Crippen LogP contribution in [0.3, 0.4) is 0 Å². The van der Waals surface area contributed by atoms with E-state index in [0.717, 1.165) is 17.7 Å². The summed E-state index contributed by atoms with van der Waals surface area (Å²) in [7, 11) is 1.49. The molecule has 0 radical (unpaired) electrons. The summed E-state index contributed by atoms with van der Waals surface area (Å²) in [6.07, 6.45) is 0. The van der Waals surface area contributed by atoms with Gasteiger partial charge in [-0.25, -0.2) is 8.78 Å². The molecule has 0 heterocycles. The molecular formula is C16H14F2O2. The average molecular weight is 276 g/mol. The summed E-state index contributed by atoms with van der Waals surface area (Å²) in [6.45, 7) is 3.28. The van der Waals surface area contributed by atoms with Crippen molar-refractivity contribution >= 4 is 5.78 Å². The van der Waals surface area contributed by atoms with Crippen LogP contribution in [-0.4, -0.2) is 12.9 Å². The van der Waals surface area contributed by atoms with E-state index in [9.17, 15) is 13.6 Å². The Labute approximate surface area is 116 Å². The number of ketones is 1. The second-order valence-electron chi connectivity index (χ2n) is 4.59. The Morgan fingerprint density at radius 1 is 1.00 bits per heavy atom. The number of rotatable bonds is 3. The highest BCUT2D eigenvalue weighted by Crippen LogP contribution is 2.23. The van der Waals surface area contributed by atoms with E-state index in [4.69, 9.17) is 4.74 Å². The molecule has 0 N–H and O–H groups in total. The number of carbonyl (C=O) groups is 1. The monoisotopic (exact) mass is 276 g/mol. The van der Waals surface area contributed by atoms with Gasteiger partial charge in [-0.1, -0.05) is 12.1 Å². The molecule has 0 aliphatic rings. The molecule has 2 aromatic rings. The SMILES string of the molecule is COc1cc(C(=O)c2cc(F)c(C)cc2F)ccc1C. The lowest BCUT2D eigenvalue weighted by atomic mass is 10.00. The van der Waals surface area contributed by atoms with Gasteiger partial charge >= 0.3 is 0 Å². The quantitative estimate of drug-likeness (QED) is 0.797. The lowest BCUT2D eigenvalue weighted by Crippen LogP contribution is -2.06. The summed E-state index contributed by atoms with van der Waals surface area (Å²) in [5.74, 6) is -1.37. The highest BCUT2D eigenvalue weighted by molar-refractivity contribution is 6.09. The normalized spacial score (nSPS) is 10.4. The predicted octanol–water partition coefficient (Wildman–Crippen LogP) is 3.82. The molecule has 4 heteroatoms. The molecular weight excluding hydrogens is 262 g/mol. The predicted molar refractivity (Wildman–Crippen MR) is 72.3 cm³/mol. The number of aryl methyl sites for hydroxylation is 2. The van der Waals surface area contributed by atoms with Crippen LogP contribution in [-0.2, 0) is 0 Å². The molecule has 104 valence electrons. The molecule has 2 rings (SSSR count). The van der Waals surface area contributed by atoms with Crippen LogP contribution >= 0.6 is 0 Å². The van der Waals surface area contributed by atoms with Crippen molar-refractivity contribution in [1.29, 1.82) is 0 Å². The molecule has 20 heavy (non-hydrogen) atoms. The molecule has 2 aromatic carbocycles. The van der Waals surface area contributed by atoms with E-state index in [-0.39, 0.29) is 16.7 Å². The van der Waals surface area contributed by atoms with Gasteiger partial charge in [-0.05, 0) is 43.2 Å². The Kier molecular flexibility index (Phi) is 3.84. The van der Waals surface area contributed by atoms with Crippen molar-refractivity contribution in [3.05, 3.63) is 64.2 Å². The van der Waals surface area contributed by atoms with E-state index in [1.165, 1.54) is 20.1 Å². The lowest BCUT2D eigenvalue weighted by molar-refractivity contribution is 0.103. The standard InChI is InChI=1S/C16H14F2O2/c1-9-4-5-11(7-15(9)20-3)16(19)12-8-13(17)10(2)6-14(12)18/h4-8H,1-3H3. The van der Waals surface area contributed by atoms with Gasteiger partial charge in [0.2, 0.25) is 0 Å². The largest absolute Gasteiger partial charge is 0.496 e. The van der Waals surface area contributed by atoms with Gasteiger partial charge in [-0.2, -0.15) is 0 Å². The second-order valence-corrected chi connectivity index (χ2v) is 4.59. The highest BCUT2D eigenvalue weighted by Gasteiger charge is 2.17. The minimum Gasteiger partial charge on any atom is -0.496 e. The number of hydrogen-bond acceptors (Lipinski definition) is 2. The molecule has 0 unspecified atom stereocenters. The minimum atomic E-state index is -0.728. The Hall–Kier alpha value is -2.23. The first-order chi connectivity index (χ1) is 9.43. The maximum absolute atomic E-state index is 13.8. The van der Waals surface area contributed by atoms with Gasteiger partial charge in [0, 0.05) is 5.56 Å². The molecule has 0 spiro atoms. The summed E-state index contributed by atoms with van der Waals surface area (Å²) in [4.78, 5) is 12.2. The maximum atomic E-state index is 13.8. The summed E-state index contributed by atoms with van der Waals surface area (Å²) in [5.41, 5.74) is 1.01. The highest BCUT2D eigenvalue weighted by atomic mass is 19.1. The van der Waals surface area contributed by atoms with Gasteiger partial charge in [-0.15, -0.1) is 0 Å². The number of methoxy groups -OCH3 is 1. The topological polar surface area (TPSA) is 26.3 Å². The van der Waals surface area contributed by atoms with Crippen molar-refractivity contribution < 1.29 is 18.3 Å². The van der Waals surface area contributed by atoms with Gasteiger partial charge in [0.25, 0.3) is 0 Å². The first kappa shape index (κ1) is 14.2. The van der Waals surface area contributed by atoms with Crippen LogP contribution in [0.25, 0.3) is 0 Å². The zero-order valence-electron chi connectivity index (χ0n) is 11.5. The summed E-state index contributed by atoms with van der Waals surface area (Å²) in [5, 5.41) is 0.